The largest absolute Gasteiger partial charge is 0.376 e. The van der Waals surface area contributed by atoms with Crippen molar-refractivity contribution in [2.75, 3.05) is 13.2 Å². The van der Waals surface area contributed by atoms with Crippen LogP contribution in [0.3, 0.4) is 0 Å². The maximum atomic E-state index is 12.0. The number of carbonyl (C=O) groups is 1. The van der Waals surface area contributed by atoms with Gasteiger partial charge in [-0.05, 0) is 50.0 Å². The van der Waals surface area contributed by atoms with Crippen molar-refractivity contribution < 1.29 is 9.53 Å². The van der Waals surface area contributed by atoms with Crippen LogP contribution in [0.1, 0.15) is 39.9 Å². The topological polar surface area (TPSA) is 62.4 Å². The molecular weight excluding hydrogens is 306 g/mol. The van der Waals surface area contributed by atoms with Crippen molar-refractivity contribution in [3.8, 4) is 0 Å². The van der Waals surface area contributed by atoms with Crippen molar-refractivity contribution in [1.29, 1.82) is 0 Å². The summed E-state index contributed by atoms with van der Waals surface area (Å²) >= 11 is 6.64. The van der Waals surface area contributed by atoms with E-state index >= 15 is 0 Å². The summed E-state index contributed by atoms with van der Waals surface area (Å²) in [7, 11) is 0. The van der Waals surface area contributed by atoms with E-state index in [0.717, 1.165) is 31.4 Å². The van der Waals surface area contributed by atoms with E-state index in [4.69, 9.17) is 17.0 Å². The third-order valence-electron chi connectivity index (χ3n) is 3.37. The molecule has 0 aliphatic carbocycles. The number of hydrazine groups is 1. The van der Waals surface area contributed by atoms with Gasteiger partial charge in [-0.25, -0.2) is 0 Å². The first-order chi connectivity index (χ1) is 10.1. The second-order valence-electron chi connectivity index (χ2n) is 4.99. The molecule has 116 valence electrons. The normalized spacial score (nSPS) is 17.5. The molecule has 1 fully saturated rings. The van der Waals surface area contributed by atoms with Gasteiger partial charge in [-0.1, -0.05) is 6.92 Å². The van der Waals surface area contributed by atoms with Crippen molar-refractivity contribution in [3.05, 3.63) is 21.4 Å². The highest BCUT2D eigenvalue weighted by Gasteiger charge is 2.16. The zero-order valence-electron chi connectivity index (χ0n) is 12.3. The van der Waals surface area contributed by atoms with Gasteiger partial charge in [0.15, 0.2) is 5.11 Å². The molecule has 0 unspecified atom stereocenters. The highest BCUT2D eigenvalue weighted by molar-refractivity contribution is 7.80. The summed E-state index contributed by atoms with van der Waals surface area (Å²) in [6, 6.07) is 1.91. The van der Waals surface area contributed by atoms with Crippen LogP contribution in [0.25, 0.3) is 0 Å². The van der Waals surface area contributed by atoms with E-state index in [1.54, 1.807) is 0 Å². The van der Waals surface area contributed by atoms with Crippen molar-refractivity contribution in [2.24, 2.45) is 0 Å². The van der Waals surface area contributed by atoms with E-state index in [2.05, 4.69) is 23.1 Å². The van der Waals surface area contributed by atoms with Crippen LogP contribution in [0, 0.1) is 6.92 Å². The lowest BCUT2D eigenvalue weighted by molar-refractivity contribution is 0.0947. The molecular formula is C14H21N3O2S2. The molecule has 1 amide bonds. The van der Waals surface area contributed by atoms with Gasteiger partial charge >= 0.3 is 0 Å². The van der Waals surface area contributed by atoms with Crippen LogP contribution in [-0.2, 0) is 11.2 Å². The average molecular weight is 327 g/mol. The van der Waals surface area contributed by atoms with Crippen molar-refractivity contribution >= 4 is 34.6 Å². The lowest BCUT2D eigenvalue weighted by Gasteiger charge is -2.14. The number of aryl methyl sites for hydroxylation is 2. The Labute approximate surface area is 134 Å². The molecule has 1 atom stereocenters. The molecule has 2 heterocycles. The molecule has 1 saturated heterocycles. The Morgan fingerprint density at radius 2 is 2.33 bits per heavy atom. The molecule has 1 aromatic heterocycles. The van der Waals surface area contributed by atoms with Crippen LogP contribution in [0.5, 0.6) is 0 Å². The van der Waals surface area contributed by atoms with E-state index in [0.29, 0.717) is 16.5 Å². The Balaban J connectivity index is 1.73. The standard InChI is InChI=1S/C14H21N3O2S2/c1-3-11-9(2)7-12(21-11)13(18)16-17-14(20)15-8-10-5-4-6-19-10/h7,10H,3-6,8H2,1-2H3,(H,16,18)(H2,15,17,20)/t10-/m0/s1. The van der Waals surface area contributed by atoms with E-state index in [9.17, 15) is 4.79 Å². The van der Waals surface area contributed by atoms with Crippen LogP contribution in [0.2, 0.25) is 0 Å². The van der Waals surface area contributed by atoms with Crippen LogP contribution >= 0.6 is 23.6 Å². The Hall–Kier alpha value is -1.18. The minimum Gasteiger partial charge on any atom is -0.376 e. The lowest BCUT2D eigenvalue weighted by Crippen LogP contribution is -2.48. The highest BCUT2D eigenvalue weighted by atomic mass is 32.1. The van der Waals surface area contributed by atoms with Crippen LogP contribution in [0.4, 0.5) is 0 Å². The molecule has 1 aliphatic rings. The fourth-order valence-corrected chi connectivity index (χ4v) is 3.36. The summed E-state index contributed by atoms with van der Waals surface area (Å²) in [5.41, 5.74) is 6.50. The number of amides is 1. The van der Waals surface area contributed by atoms with Gasteiger partial charge in [0.1, 0.15) is 0 Å². The first kappa shape index (κ1) is 16.2. The number of carbonyl (C=O) groups excluding carboxylic acids is 1. The summed E-state index contributed by atoms with van der Waals surface area (Å²) in [5, 5.41) is 3.45. The van der Waals surface area contributed by atoms with E-state index in [1.165, 1.54) is 16.2 Å². The average Bonchev–Trinajstić information content (AvgIpc) is 3.11. The van der Waals surface area contributed by atoms with Gasteiger partial charge in [0, 0.05) is 18.0 Å². The number of hydrogen-bond donors (Lipinski definition) is 3. The minimum absolute atomic E-state index is 0.163. The molecule has 0 radical (unpaired) electrons. The first-order valence-electron chi connectivity index (χ1n) is 7.15. The number of ether oxygens (including phenoxy) is 1. The predicted octanol–water partition coefficient (Wildman–Crippen LogP) is 1.91. The Morgan fingerprint density at radius 1 is 1.52 bits per heavy atom. The summed E-state index contributed by atoms with van der Waals surface area (Å²) < 4.78 is 5.49. The van der Waals surface area contributed by atoms with E-state index < -0.39 is 0 Å². The van der Waals surface area contributed by atoms with E-state index in [-0.39, 0.29) is 12.0 Å². The maximum Gasteiger partial charge on any atom is 0.279 e. The molecule has 5 nitrogen and oxygen atoms in total. The third-order valence-corrected chi connectivity index (χ3v) is 5.00. The van der Waals surface area contributed by atoms with Gasteiger partial charge in [-0.15, -0.1) is 11.3 Å². The minimum atomic E-state index is -0.163. The summed E-state index contributed by atoms with van der Waals surface area (Å²) in [6.45, 7) is 5.59. The molecule has 1 aliphatic heterocycles. The molecule has 21 heavy (non-hydrogen) atoms. The predicted molar refractivity (Wildman–Crippen MR) is 88.6 cm³/mol. The van der Waals surface area contributed by atoms with Gasteiger partial charge < -0.3 is 10.1 Å². The molecule has 1 aromatic rings. The van der Waals surface area contributed by atoms with Crippen LogP contribution in [0.15, 0.2) is 6.07 Å². The van der Waals surface area contributed by atoms with Gasteiger partial charge in [0.2, 0.25) is 0 Å². The Morgan fingerprint density at radius 3 is 2.95 bits per heavy atom. The SMILES string of the molecule is CCc1sc(C(=O)NNC(=S)NC[C@@H]2CCCO2)cc1C. The van der Waals surface area contributed by atoms with Crippen molar-refractivity contribution in [1.82, 2.24) is 16.2 Å². The second-order valence-corrected chi connectivity index (χ2v) is 6.54. The monoisotopic (exact) mass is 327 g/mol. The number of hydrogen-bond acceptors (Lipinski definition) is 4. The molecule has 3 N–H and O–H groups in total. The smallest absolute Gasteiger partial charge is 0.279 e. The molecule has 0 bridgehead atoms. The number of thiophene rings is 1. The molecule has 0 spiro atoms. The summed E-state index contributed by atoms with van der Waals surface area (Å²) in [4.78, 5) is 13.9. The fourth-order valence-electron chi connectivity index (χ4n) is 2.21. The summed E-state index contributed by atoms with van der Waals surface area (Å²) in [5.74, 6) is -0.163. The fraction of sp³-hybridized carbons (Fsp3) is 0.571. The van der Waals surface area contributed by atoms with Crippen molar-refractivity contribution in [3.63, 3.8) is 0 Å². The van der Waals surface area contributed by atoms with E-state index in [1.807, 2.05) is 13.0 Å². The van der Waals surface area contributed by atoms with Crippen LogP contribution in [-0.4, -0.2) is 30.3 Å². The zero-order valence-corrected chi connectivity index (χ0v) is 14.0. The third kappa shape index (κ3) is 4.66. The second kappa shape index (κ2) is 7.72. The number of nitrogens with one attached hydrogen (secondary N) is 3. The Bertz CT molecular complexity index is 510. The van der Waals surface area contributed by atoms with Gasteiger partial charge in [0.25, 0.3) is 5.91 Å². The zero-order chi connectivity index (χ0) is 15.2. The highest BCUT2D eigenvalue weighted by Crippen LogP contribution is 2.21. The van der Waals surface area contributed by atoms with Gasteiger partial charge in [0.05, 0.1) is 11.0 Å². The summed E-state index contributed by atoms with van der Waals surface area (Å²) in [6.07, 6.45) is 3.31. The molecule has 2 rings (SSSR count). The van der Waals surface area contributed by atoms with Crippen molar-refractivity contribution in [2.45, 2.75) is 39.2 Å². The van der Waals surface area contributed by atoms with Crippen LogP contribution < -0.4 is 16.2 Å². The molecule has 0 saturated carbocycles. The first-order valence-corrected chi connectivity index (χ1v) is 8.37. The number of rotatable bonds is 4. The molecule has 7 heteroatoms. The van der Waals surface area contributed by atoms with Gasteiger partial charge in [-0.3, -0.25) is 15.6 Å². The quantitative estimate of drug-likeness (QED) is 0.582. The molecule has 0 aromatic carbocycles. The van der Waals surface area contributed by atoms with Gasteiger partial charge in [-0.2, -0.15) is 0 Å². The number of thiocarbonyl (C=S) groups is 1. The lowest BCUT2D eigenvalue weighted by atomic mass is 10.2. The Kier molecular flexibility index (Phi) is 5.96. The maximum absolute atomic E-state index is 12.0.